The Balaban J connectivity index is 1.76. The van der Waals surface area contributed by atoms with Crippen molar-refractivity contribution >= 4 is 11.8 Å². The molecule has 1 fully saturated rings. The van der Waals surface area contributed by atoms with Crippen molar-refractivity contribution in [3.8, 4) is 0 Å². The number of fused-ring (bicyclic) bond motifs is 1. The molecule has 2 aliphatic heterocycles. The average molecular weight is 274 g/mol. The highest BCUT2D eigenvalue weighted by molar-refractivity contribution is 6.20. The van der Waals surface area contributed by atoms with Gasteiger partial charge in [-0.15, -0.1) is 5.06 Å². The molecule has 5 nitrogen and oxygen atoms in total. The summed E-state index contributed by atoms with van der Waals surface area (Å²) in [6, 6.07) is 6.84. The first kappa shape index (κ1) is 13.3. The number of hydrogen-bond donors (Lipinski definition) is 0. The van der Waals surface area contributed by atoms with Crippen LogP contribution in [0.2, 0.25) is 0 Å². The normalized spacial score (nSPS) is 23.9. The first-order valence-corrected chi connectivity index (χ1v) is 7.00. The molecular formula is C15H18N2O3. The first-order chi connectivity index (χ1) is 9.66. The van der Waals surface area contributed by atoms with Gasteiger partial charge in [0.25, 0.3) is 11.8 Å². The van der Waals surface area contributed by atoms with Crippen molar-refractivity contribution in [2.24, 2.45) is 0 Å². The van der Waals surface area contributed by atoms with Crippen molar-refractivity contribution in [2.75, 3.05) is 20.1 Å². The number of likely N-dealkylation sites (tertiary alicyclic amines) is 1. The van der Waals surface area contributed by atoms with Gasteiger partial charge in [0.05, 0.1) is 17.2 Å². The van der Waals surface area contributed by atoms with E-state index in [9.17, 15) is 9.59 Å². The van der Waals surface area contributed by atoms with Crippen molar-refractivity contribution < 1.29 is 14.4 Å². The van der Waals surface area contributed by atoms with Gasteiger partial charge in [-0.3, -0.25) is 14.4 Å². The molecule has 0 saturated carbocycles. The zero-order valence-electron chi connectivity index (χ0n) is 11.5. The van der Waals surface area contributed by atoms with Gasteiger partial charge < -0.3 is 4.90 Å². The van der Waals surface area contributed by atoms with Crippen molar-refractivity contribution in [1.82, 2.24) is 9.96 Å². The highest BCUT2D eigenvalue weighted by Crippen LogP contribution is 2.24. The molecule has 1 atom stereocenters. The lowest BCUT2D eigenvalue weighted by Crippen LogP contribution is -2.38. The Kier molecular flexibility index (Phi) is 3.54. The second-order valence-electron chi connectivity index (χ2n) is 5.44. The number of hydrogen-bond acceptors (Lipinski definition) is 4. The number of hydroxylamine groups is 2. The van der Waals surface area contributed by atoms with E-state index in [1.165, 1.54) is 0 Å². The molecule has 0 spiro atoms. The fourth-order valence-electron chi connectivity index (χ4n) is 2.78. The Hall–Kier alpha value is -1.72. The second-order valence-corrected chi connectivity index (χ2v) is 5.44. The van der Waals surface area contributed by atoms with Crippen LogP contribution < -0.4 is 0 Å². The van der Waals surface area contributed by atoms with Crippen LogP contribution in [0.15, 0.2) is 24.3 Å². The quantitative estimate of drug-likeness (QED) is 0.770. The minimum absolute atomic E-state index is 0.107. The van der Waals surface area contributed by atoms with Crippen molar-refractivity contribution in [3.63, 3.8) is 0 Å². The Morgan fingerprint density at radius 3 is 2.40 bits per heavy atom. The molecule has 1 saturated heterocycles. The third-order valence-electron chi connectivity index (χ3n) is 3.84. The summed E-state index contributed by atoms with van der Waals surface area (Å²) in [5.74, 6) is -0.699. The highest BCUT2D eigenvalue weighted by Gasteiger charge is 2.38. The fraction of sp³-hybridized carbons (Fsp3) is 0.467. The predicted octanol–water partition coefficient (Wildman–Crippen LogP) is 1.70. The van der Waals surface area contributed by atoms with Gasteiger partial charge in [-0.2, -0.15) is 0 Å². The summed E-state index contributed by atoms with van der Waals surface area (Å²) < 4.78 is 0. The van der Waals surface area contributed by atoms with Gasteiger partial charge in [-0.05, 0) is 45.0 Å². The van der Waals surface area contributed by atoms with Gasteiger partial charge in [0, 0.05) is 6.54 Å². The van der Waals surface area contributed by atoms with Crippen LogP contribution in [0, 0.1) is 0 Å². The van der Waals surface area contributed by atoms with Crippen LogP contribution in [0.25, 0.3) is 0 Å². The maximum Gasteiger partial charge on any atom is 0.285 e. The van der Waals surface area contributed by atoms with E-state index in [0.29, 0.717) is 11.1 Å². The average Bonchev–Trinajstić information content (AvgIpc) is 2.60. The van der Waals surface area contributed by atoms with E-state index >= 15 is 0 Å². The SMILES string of the molecule is CN1CCCCC(ON2C(=O)c3ccccc3C2=O)C1. The minimum Gasteiger partial charge on any atom is -0.304 e. The summed E-state index contributed by atoms with van der Waals surface area (Å²) in [5, 5.41) is 0.939. The molecule has 3 rings (SSSR count). The van der Waals surface area contributed by atoms with Crippen molar-refractivity contribution in [2.45, 2.75) is 25.4 Å². The van der Waals surface area contributed by atoms with Gasteiger partial charge in [0.1, 0.15) is 0 Å². The van der Waals surface area contributed by atoms with Crippen molar-refractivity contribution in [3.05, 3.63) is 35.4 Å². The molecular weight excluding hydrogens is 256 g/mol. The maximum atomic E-state index is 12.2. The topological polar surface area (TPSA) is 49.9 Å². The molecule has 106 valence electrons. The van der Waals surface area contributed by atoms with Crippen LogP contribution in [0.5, 0.6) is 0 Å². The second kappa shape index (κ2) is 5.34. The lowest BCUT2D eigenvalue weighted by atomic mass is 10.1. The van der Waals surface area contributed by atoms with E-state index in [2.05, 4.69) is 4.90 Å². The number of carbonyl (C=O) groups is 2. The standard InChI is InChI=1S/C15H18N2O3/c1-16-9-5-4-6-11(10-16)20-17-14(18)12-7-2-3-8-13(12)15(17)19/h2-3,7-8,11H,4-6,9-10H2,1H3. The number of likely N-dealkylation sites (N-methyl/N-ethyl adjacent to an activating group) is 1. The molecule has 1 aromatic rings. The van der Waals surface area contributed by atoms with E-state index < -0.39 is 0 Å². The Labute approximate surface area is 118 Å². The van der Waals surface area contributed by atoms with E-state index in [0.717, 1.165) is 37.4 Å². The molecule has 0 aromatic heterocycles. The summed E-state index contributed by atoms with van der Waals surface area (Å²) in [6.45, 7) is 1.77. The van der Waals surface area contributed by atoms with Gasteiger partial charge in [-0.1, -0.05) is 12.1 Å². The zero-order chi connectivity index (χ0) is 14.1. The molecule has 2 amide bonds. The smallest absolute Gasteiger partial charge is 0.285 e. The van der Waals surface area contributed by atoms with Gasteiger partial charge in [0.2, 0.25) is 0 Å². The van der Waals surface area contributed by atoms with Crippen LogP contribution in [-0.4, -0.2) is 48.0 Å². The summed E-state index contributed by atoms with van der Waals surface area (Å²) >= 11 is 0. The summed E-state index contributed by atoms with van der Waals surface area (Å²) in [6.07, 6.45) is 2.94. The lowest BCUT2D eigenvalue weighted by molar-refractivity contribution is -0.137. The van der Waals surface area contributed by atoms with Gasteiger partial charge in [-0.25, -0.2) is 0 Å². The predicted molar refractivity (Wildman–Crippen MR) is 73.2 cm³/mol. The molecule has 1 unspecified atom stereocenters. The Morgan fingerprint density at radius 1 is 1.10 bits per heavy atom. The number of amides is 2. The molecule has 1 aromatic carbocycles. The Morgan fingerprint density at radius 2 is 1.75 bits per heavy atom. The highest BCUT2D eigenvalue weighted by atomic mass is 16.7. The number of nitrogens with zero attached hydrogens (tertiary/aromatic N) is 2. The summed E-state index contributed by atoms with van der Waals surface area (Å²) in [5.41, 5.74) is 0.860. The van der Waals surface area contributed by atoms with Crippen LogP contribution in [-0.2, 0) is 4.84 Å². The minimum atomic E-state index is -0.350. The maximum absolute atomic E-state index is 12.2. The molecule has 0 N–H and O–H groups in total. The third kappa shape index (κ3) is 2.34. The molecule has 20 heavy (non-hydrogen) atoms. The molecule has 0 bridgehead atoms. The largest absolute Gasteiger partial charge is 0.304 e. The third-order valence-corrected chi connectivity index (χ3v) is 3.84. The van der Waals surface area contributed by atoms with Crippen LogP contribution in [0.1, 0.15) is 40.0 Å². The monoisotopic (exact) mass is 274 g/mol. The molecule has 5 heteroatoms. The molecule has 2 heterocycles. The van der Waals surface area contributed by atoms with E-state index in [1.807, 2.05) is 7.05 Å². The molecule has 0 aliphatic carbocycles. The Bertz CT molecular complexity index is 509. The van der Waals surface area contributed by atoms with E-state index in [1.54, 1.807) is 24.3 Å². The zero-order valence-corrected chi connectivity index (χ0v) is 11.5. The number of carbonyl (C=O) groups excluding carboxylic acids is 2. The van der Waals surface area contributed by atoms with Gasteiger partial charge >= 0.3 is 0 Å². The number of benzene rings is 1. The van der Waals surface area contributed by atoms with Crippen molar-refractivity contribution in [1.29, 1.82) is 0 Å². The number of imide groups is 1. The van der Waals surface area contributed by atoms with Crippen LogP contribution in [0.4, 0.5) is 0 Å². The first-order valence-electron chi connectivity index (χ1n) is 7.00. The molecule has 0 radical (unpaired) electrons. The van der Waals surface area contributed by atoms with Gasteiger partial charge in [0.15, 0.2) is 0 Å². The summed E-state index contributed by atoms with van der Waals surface area (Å²) in [7, 11) is 2.03. The van der Waals surface area contributed by atoms with Crippen LogP contribution in [0.3, 0.4) is 0 Å². The molecule has 2 aliphatic rings. The summed E-state index contributed by atoms with van der Waals surface area (Å²) in [4.78, 5) is 32.3. The van der Waals surface area contributed by atoms with E-state index in [-0.39, 0.29) is 17.9 Å². The lowest BCUT2D eigenvalue weighted by Gasteiger charge is -2.23. The van der Waals surface area contributed by atoms with Crippen LogP contribution >= 0.6 is 0 Å². The number of rotatable bonds is 2. The fourth-order valence-corrected chi connectivity index (χ4v) is 2.78. The van der Waals surface area contributed by atoms with E-state index in [4.69, 9.17) is 4.84 Å².